The van der Waals surface area contributed by atoms with E-state index in [0.717, 1.165) is 77.6 Å². The summed E-state index contributed by atoms with van der Waals surface area (Å²) in [6.45, 7) is 0. The van der Waals surface area contributed by atoms with E-state index in [0.29, 0.717) is 5.89 Å². The first-order valence-electron chi connectivity index (χ1n) is 16.5. The lowest BCUT2D eigenvalue weighted by Gasteiger charge is -2.25. The normalized spacial score (nSPS) is 11.7. The number of nitrogens with zero attached hydrogens (tertiary/aromatic N) is 2. The molecule has 0 spiro atoms. The van der Waals surface area contributed by atoms with E-state index in [9.17, 15) is 0 Å². The fourth-order valence-corrected chi connectivity index (χ4v) is 7.08. The van der Waals surface area contributed by atoms with Crippen molar-refractivity contribution in [3.8, 4) is 22.6 Å². The molecule has 0 aliphatic carbocycles. The summed E-state index contributed by atoms with van der Waals surface area (Å²) in [6.07, 6.45) is 0. The van der Waals surface area contributed by atoms with Gasteiger partial charge in [0.15, 0.2) is 5.58 Å². The van der Waals surface area contributed by atoms with Crippen LogP contribution < -0.4 is 4.90 Å². The van der Waals surface area contributed by atoms with E-state index in [-0.39, 0.29) is 0 Å². The number of hydrogen-bond donors (Lipinski definition) is 0. The summed E-state index contributed by atoms with van der Waals surface area (Å²) >= 11 is 0. The maximum atomic E-state index is 6.51. The van der Waals surface area contributed by atoms with Gasteiger partial charge in [-0.25, -0.2) is 4.98 Å². The van der Waals surface area contributed by atoms with Crippen molar-refractivity contribution in [2.24, 2.45) is 0 Å². The number of anilines is 3. The summed E-state index contributed by atoms with van der Waals surface area (Å²) in [6, 6.07) is 59.2. The minimum atomic E-state index is 0.611. The second-order valence-corrected chi connectivity index (χ2v) is 12.4. The molecule has 0 unspecified atom stereocenters. The highest BCUT2D eigenvalue weighted by atomic mass is 16.3. The second kappa shape index (κ2) is 11.0. The number of para-hydroxylation sites is 2. The molecule has 0 saturated carbocycles. The molecular weight excluding hydrogens is 601 g/mol. The molecule has 0 saturated heterocycles. The van der Waals surface area contributed by atoms with Crippen molar-refractivity contribution in [2.45, 2.75) is 0 Å². The molecule has 0 atom stereocenters. The molecule has 0 amide bonds. The quantitative estimate of drug-likeness (QED) is 0.178. The fraction of sp³-hybridized carbons (Fsp3) is 0. The summed E-state index contributed by atoms with van der Waals surface area (Å²) in [5.74, 6) is 0.611. The van der Waals surface area contributed by atoms with Gasteiger partial charge in [-0.15, -0.1) is 0 Å². The third-order valence-electron chi connectivity index (χ3n) is 9.48. The van der Waals surface area contributed by atoms with Gasteiger partial charge in [0.1, 0.15) is 16.7 Å². The molecule has 10 aromatic rings. The molecule has 2 heterocycles. The Morgan fingerprint density at radius 1 is 0.408 bits per heavy atom. The van der Waals surface area contributed by atoms with Gasteiger partial charge in [0.2, 0.25) is 5.89 Å². The maximum Gasteiger partial charge on any atom is 0.227 e. The minimum Gasteiger partial charge on any atom is -0.456 e. The molecule has 10 rings (SSSR count). The second-order valence-electron chi connectivity index (χ2n) is 12.4. The number of benzene rings is 8. The first kappa shape index (κ1) is 27.5. The van der Waals surface area contributed by atoms with Crippen LogP contribution in [-0.4, -0.2) is 4.98 Å². The van der Waals surface area contributed by atoms with E-state index in [2.05, 4.69) is 150 Å². The van der Waals surface area contributed by atoms with E-state index < -0.39 is 0 Å². The maximum absolute atomic E-state index is 6.51. The van der Waals surface area contributed by atoms with Crippen LogP contribution in [0.2, 0.25) is 0 Å². The van der Waals surface area contributed by atoms with Crippen molar-refractivity contribution in [3.63, 3.8) is 0 Å². The summed E-state index contributed by atoms with van der Waals surface area (Å²) in [7, 11) is 0. The Labute approximate surface area is 282 Å². The zero-order chi connectivity index (χ0) is 32.3. The number of aromatic nitrogens is 1. The number of oxazole rings is 1. The van der Waals surface area contributed by atoms with Crippen molar-refractivity contribution < 1.29 is 8.83 Å². The molecule has 0 radical (unpaired) electrons. The van der Waals surface area contributed by atoms with Crippen LogP contribution in [0.15, 0.2) is 179 Å². The number of fused-ring (bicyclic) bond motifs is 8. The van der Waals surface area contributed by atoms with Crippen LogP contribution in [0.1, 0.15) is 0 Å². The van der Waals surface area contributed by atoms with Crippen LogP contribution in [0.5, 0.6) is 0 Å². The topological polar surface area (TPSA) is 42.4 Å². The SMILES string of the molecule is c1ccc(N(c2ccc(-c3ccc4oc5ccccc5c4c3)cc2)c2ccc(-c3nc4ccc5ccc6ccccc6c5c4o3)cc2)cc1. The first-order valence-corrected chi connectivity index (χ1v) is 16.5. The van der Waals surface area contributed by atoms with E-state index in [4.69, 9.17) is 13.8 Å². The lowest BCUT2D eigenvalue weighted by molar-refractivity contribution is 0.623. The Bertz CT molecular complexity index is 2810. The van der Waals surface area contributed by atoms with Crippen LogP contribution in [0, 0.1) is 0 Å². The molecule has 0 bridgehead atoms. The van der Waals surface area contributed by atoms with Crippen LogP contribution in [0.4, 0.5) is 17.1 Å². The molecule has 230 valence electrons. The molecule has 2 aromatic heterocycles. The van der Waals surface area contributed by atoms with Crippen molar-refractivity contribution in [1.29, 1.82) is 0 Å². The van der Waals surface area contributed by atoms with Gasteiger partial charge in [0.05, 0.1) is 0 Å². The highest BCUT2D eigenvalue weighted by molar-refractivity contribution is 6.18. The number of hydrogen-bond acceptors (Lipinski definition) is 4. The lowest BCUT2D eigenvalue weighted by atomic mass is 10.0. The van der Waals surface area contributed by atoms with Gasteiger partial charge in [-0.1, -0.05) is 97.1 Å². The van der Waals surface area contributed by atoms with Gasteiger partial charge >= 0.3 is 0 Å². The average Bonchev–Trinajstić information content (AvgIpc) is 3.78. The molecule has 8 aromatic carbocycles. The van der Waals surface area contributed by atoms with Gasteiger partial charge in [-0.2, -0.15) is 0 Å². The van der Waals surface area contributed by atoms with E-state index >= 15 is 0 Å². The highest BCUT2D eigenvalue weighted by Gasteiger charge is 2.16. The van der Waals surface area contributed by atoms with Gasteiger partial charge in [-0.05, 0) is 100 Å². The molecule has 0 aliphatic rings. The zero-order valence-corrected chi connectivity index (χ0v) is 26.4. The summed E-state index contributed by atoms with van der Waals surface area (Å²) in [4.78, 5) is 7.19. The Hall–Kier alpha value is -6.65. The largest absolute Gasteiger partial charge is 0.456 e. The van der Waals surface area contributed by atoms with E-state index in [1.165, 1.54) is 10.8 Å². The predicted octanol–water partition coefficient (Wildman–Crippen LogP) is 12.8. The number of furan rings is 1. The Kier molecular flexibility index (Phi) is 6.15. The predicted molar refractivity (Wildman–Crippen MR) is 202 cm³/mol. The molecule has 49 heavy (non-hydrogen) atoms. The Morgan fingerprint density at radius 3 is 1.84 bits per heavy atom. The van der Waals surface area contributed by atoms with Crippen LogP contribution in [0.25, 0.3) is 77.2 Å². The Morgan fingerprint density at radius 2 is 1.02 bits per heavy atom. The molecule has 0 fully saturated rings. The van der Waals surface area contributed by atoms with Gasteiger partial charge in [-0.3, -0.25) is 0 Å². The van der Waals surface area contributed by atoms with Gasteiger partial charge in [0, 0.05) is 38.8 Å². The van der Waals surface area contributed by atoms with Crippen LogP contribution in [-0.2, 0) is 0 Å². The van der Waals surface area contributed by atoms with Crippen LogP contribution in [0.3, 0.4) is 0 Å². The van der Waals surface area contributed by atoms with Crippen molar-refractivity contribution in [1.82, 2.24) is 4.98 Å². The smallest absolute Gasteiger partial charge is 0.227 e. The van der Waals surface area contributed by atoms with Gasteiger partial charge in [0.25, 0.3) is 0 Å². The van der Waals surface area contributed by atoms with Crippen molar-refractivity contribution >= 4 is 71.6 Å². The van der Waals surface area contributed by atoms with Crippen LogP contribution >= 0.6 is 0 Å². The van der Waals surface area contributed by atoms with Crippen molar-refractivity contribution in [3.05, 3.63) is 170 Å². The van der Waals surface area contributed by atoms with Crippen molar-refractivity contribution in [2.75, 3.05) is 4.90 Å². The minimum absolute atomic E-state index is 0.611. The number of rotatable bonds is 5. The summed E-state index contributed by atoms with van der Waals surface area (Å²) in [5.41, 5.74) is 9.91. The summed E-state index contributed by atoms with van der Waals surface area (Å²) < 4.78 is 12.6. The van der Waals surface area contributed by atoms with E-state index in [1.54, 1.807) is 0 Å². The standard InChI is InChI=1S/C45H28N2O2/c1-2-9-34(10-3-1)47(35-22-16-29(17-23-35)33-21-27-42-39(28-33)38-12-6-7-13-41(38)48-42)36-24-18-32(19-25-36)45-46-40-26-20-31-15-14-30-8-4-5-11-37(30)43(31)44(40)49-45/h1-28H. The average molecular weight is 629 g/mol. The third-order valence-corrected chi connectivity index (χ3v) is 9.48. The zero-order valence-electron chi connectivity index (χ0n) is 26.4. The Balaban J connectivity index is 1.01. The molecule has 0 aliphatic heterocycles. The monoisotopic (exact) mass is 628 g/mol. The molecule has 0 N–H and O–H groups in total. The first-order chi connectivity index (χ1) is 24.3. The summed E-state index contributed by atoms with van der Waals surface area (Å²) in [5, 5.41) is 6.86. The molecular formula is C45H28N2O2. The lowest BCUT2D eigenvalue weighted by Crippen LogP contribution is -2.09. The third kappa shape index (κ3) is 4.57. The molecule has 4 heteroatoms. The highest BCUT2D eigenvalue weighted by Crippen LogP contribution is 2.39. The van der Waals surface area contributed by atoms with E-state index in [1.807, 2.05) is 24.3 Å². The van der Waals surface area contributed by atoms with Gasteiger partial charge < -0.3 is 13.7 Å². The molecule has 4 nitrogen and oxygen atoms in total. The fourth-order valence-electron chi connectivity index (χ4n) is 7.08.